The zero-order valence-corrected chi connectivity index (χ0v) is 18.0. The molecule has 3 nitrogen and oxygen atoms in total. The third kappa shape index (κ3) is 5.27. The first-order chi connectivity index (χ1) is 15.1. The normalized spacial score (nSPS) is 10.7. The molecule has 0 spiro atoms. The molecule has 0 aliphatic heterocycles. The predicted octanol–water partition coefficient (Wildman–Crippen LogP) is 6.95. The Morgan fingerprint density at radius 2 is 1.26 bits per heavy atom. The van der Waals surface area contributed by atoms with E-state index in [4.69, 9.17) is 9.47 Å². The summed E-state index contributed by atoms with van der Waals surface area (Å²) in [6.07, 6.45) is 0. The van der Waals surface area contributed by atoms with E-state index >= 15 is 0 Å². The van der Waals surface area contributed by atoms with Crippen molar-refractivity contribution in [3.63, 3.8) is 0 Å². The Labute approximate surface area is 187 Å². The van der Waals surface area contributed by atoms with Gasteiger partial charge in [-0.15, -0.1) is 0 Å². The van der Waals surface area contributed by atoms with Crippen LogP contribution in [-0.4, -0.2) is 4.98 Å². The van der Waals surface area contributed by atoms with Crippen LogP contribution in [0.2, 0.25) is 0 Å². The van der Waals surface area contributed by atoms with Crippen molar-refractivity contribution in [3.8, 4) is 22.9 Å². The first-order valence-corrected chi connectivity index (χ1v) is 10.4. The molecule has 0 aliphatic rings. The molecule has 0 N–H and O–H groups in total. The smallest absolute Gasteiger partial charge is 0.225 e. The summed E-state index contributed by atoms with van der Waals surface area (Å²) < 4.78 is 39.8. The Kier molecular flexibility index (Phi) is 6.57. The number of pyridine rings is 1. The number of halogens is 3. The van der Waals surface area contributed by atoms with Gasteiger partial charge in [0.1, 0.15) is 24.8 Å². The summed E-state index contributed by atoms with van der Waals surface area (Å²) in [5, 5.41) is 0. The van der Waals surface area contributed by atoms with E-state index in [1.807, 2.05) is 60.7 Å². The van der Waals surface area contributed by atoms with Crippen LogP contribution >= 0.6 is 15.9 Å². The molecule has 31 heavy (non-hydrogen) atoms. The highest BCUT2D eigenvalue weighted by atomic mass is 79.9. The van der Waals surface area contributed by atoms with Crippen LogP contribution in [0, 0.1) is 11.6 Å². The van der Waals surface area contributed by atoms with Crippen molar-refractivity contribution in [3.05, 3.63) is 112 Å². The third-order valence-corrected chi connectivity index (χ3v) is 5.34. The lowest BCUT2D eigenvalue weighted by atomic mass is 10.1. The summed E-state index contributed by atoms with van der Waals surface area (Å²) in [6.45, 7) is 0.595. The van der Waals surface area contributed by atoms with Crippen LogP contribution in [0.5, 0.6) is 11.8 Å². The molecule has 0 saturated heterocycles. The Balaban J connectivity index is 1.64. The highest BCUT2D eigenvalue weighted by Crippen LogP contribution is 2.34. The van der Waals surface area contributed by atoms with Crippen molar-refractivity contribution in [1.29, 1.82) is 0 Å². The molecule has 0 radical (unpaired) electrons. The molecule has 0 unspecified atom stereocenters. The van der Waals surface area contributed by atoms with Gasteiger partial charge in [0, 0.05) is 11.6 Å². The molecule has 3 aromatic carbocycles. The second-order valence-electron chi connectivity index (χ2n) is 6.80. The molecule has 0 atom stereocenters. The van der Waals surface area contributed by atoms with Gasteiger partial charge in [0.05, 0.1) is 4.47 Å². The monoisotopic (exact) mass is 481 g/mol. The van der Waals surface area contributed by atoms with Gasteiger partial charge in [-0.05, 0) is 50.8 Å². The minimum atomic E-state index is -0.701. The zero-order valence-electron chi connectivity index (χ0n) is 16.4. The van der Waals surface area contributed by atoms with E-state index in [9.17, 15) is 8.78 Å². The maximum Gasteiger partial charge on any atom is 0.225 e. The van der Waals surface area contributed by atoms with Gasteiger partial charge in [-0.1, -0.05) is 60.7 Å². The molecular weight excluding hydrogens is 464 g/mol. The molecule has 0 amide bonds. The van der Waals surface area contributed by atoms with Gasteiger partial charge in [0.2, 0.25) is 11.8 Å². The second-order valence-corrected chi connectivity index (χ2v) is 7.60. The van der Waals surface area contributed by atoms with Crippen LogP contribution < -0.4 is 9.47 Å². The number of nitrogens with zero attached hydrogens (tertiary/aromatic N) is 1. The minimum Gasteiger partial charge on any atom is -0.473 e. The van der Waals surface area contributed by atoms with Crippen molar-refractivity contribution < 1.29 is 18.3 Å². The first kappa shape index (κ1) is 21.0. The van der Waals surface area contributed by atoms with E-state index in [0.29, 0.717) is 23.6 Å². The SMILES string of the molecule is Fc1cc(-c2ccc(OCc3ccccc3)nc2OCc2ccccc2)cc(F)c1Br. The fraction of sp³-hybridized carbons (Fsp3) is 0.0800. The molecule has 6 heteroatoms. The summed E-state index contributed by atoms with van der Waals surface area (Å²) in [7, 11) is 0. The Hall–Kier alpha value is -3.25. The summed E-state index contributed by atoms with van der Waals surface area (Å²) in [5.41, 5.74) is 2.73. The molecule has 156 valence electrons. The Bertz CT molecular complexity index is 1150. The van der Waals surface area contributed by atoms with E-state index in [-0.39, 0.29) is 17.0 Å². The average Bonchev–Trinajstić information content (AvgIpc) is 2.81. The predicted molar refractivity (Wildman–Crippen MR) is 119 cm³/mol. The topological polar surface area (TPSA) is 31.4 Å². The fourth-order valence-electron chi connectivity index (χ4n) is 3.00. The molecule has 0 bridgehead atoms. The Morgan fingerprint density at radius 1 is 0.710 bits per heavy atom. The minimum absolute atomic E-state index is 0.209. The second kappa shape index (κ2) is 9.71. The van der Waals surface area contributed by atoms with E-state index in [2.05, 4.69) is 20.9 Å². The lowest BCUT2D eigenvalue weighted by Crippen LogP contribution is -2.02. The summed E-state index contributed by atoms with van der Waals surface area (Å²) in [4.78, 5) is 4.46. The zero-order chi connectivity index (χ0) is 21.6. The Morgan fingerprint density at radius 3 is 1.84 bits per heavy atom. The number of benzene rings is 3. The molecule has 1 heterocycles. The number of ether oxygens (including phenoxy) is 2. The maximum atomic E-state index is 14.1. The van der Waals surface area contributed by atoms with Crippen LogP contribution in [-0.2, 0) is 13.2 Å². The van der Waals surface area contributed by atoms with Crippen LogP contribution in [0.3, 0.4) is 0 Å². The van der Waals surface area contributed by atoms with Crippen LogP contribution in [0.4, 0.5) is 8.78 Å². The van der Waals surface area contributed by atoms with Gasteiger partial charge >= 0.3 is 0 Å². The number of aromatic nitrogens is 1. The molecule has 0 aliphatic carbocycles. The van der Waals surface area contributed by atoms with Crippen LogP contribution in [0.15, 0.2) is 89.4 Å². The lowest BCUT2D eigenvalue weighted by molar-refractivity contribution is 0.268. The summed E-state index contributed by atoms with van der Waals surface area (Å²) in [6, 6.07) is 25.1. The van der Waals surface area contributed by atoms with Crippen molar-refractivity contribution in [2.75, 3.05) is 0 Å². The maximum absolute atomic E-state index is 14.1. The van der Waals surface area contributed by atoms with Gasteiger partial charge in [-0.2, -0.15) is 4.98 Å². The van der Waals surface area contributed by atoms with Gasteiger partial charge in [0.15, 0.2) is 0 Å². The summed E-state index contributed by atoms with van der Waals surface area (Å²) >= 11 is 2.90. The number of rotatable bonds is 7. The number of hydrogen-bond donors (Lipinski definition) is 0. The van der Waals surface area contributed by atoms with Gasteiger partial charge in [0.25, 0.3) is 0 Å². The highest BCUT2D eigenvalue weighted by molar-refractivity contribution is 9.10. The lowest BCUT2D eigenvalue weighted by Gasteiger charge is -2.14. The van der Waals surface area contributed by atoms with E-state index < -0.39 is 11.6 Å². The molecule has 1 aromatic heterocycles. The van der Waals surface area contributed by atoms with Crippen molar-refractivity contribution >= 4 is 15.9 Å². The van der Waals surface area contributed by atoms with Crippen molar-refractivity contribution in [1.82, 2.24) is 4.98 Å². The fourth-order valence-corrected chi connectivity index (χ4v) is 3.23. The van der Waals surface area contributed by atoms with Gasteiger partial charge in [-0.3, -0.25) is 0 Å². The summed E-state index contributed by atoms with van der Waals surface area (Å²) in [5.74, 6) is -0.814. The van der Waals surface area contributed by atoms with E-state index in [1.54, 1.807) is 12.1 Å². The van der Waals surface area contributed by atoms with Gasteiger partial charge in [-0.25, -0.2) is 8.78 Å². The molecule has 4 aromatic rings. The van der Waals surface area contributed by atoms with Crippen LogP contribution in [0.1, 0.15) is 11.1 Å². The quantitative estimate of drug-likeness (QED) is 0.267. The molecule has 0 saturated carbocycles. The van der Waals surface area contributed by atoms with Crippen LogP contribution in [0.25, 0.3) is 11.1 Å². The van der Waals surface area contributed by atoms with Crippen molar-refractivity contribution in [2.45, 2.75) is 13.2 Å². The van der Waals surface area contributed by atoms with E-state index in [0.717, 1.165) is 11.1 Å². The van der Waals surface area contributed by atoms with Crippen molar-refractivity contribution in [2.24, 2.45) is 0 Å². The van der Waals surface area contributed by atoms with E-state index in [1.165, 1.54) is 12.1 Å². The molecular formula is C25H18BrF2NO2. The molecule has 0 fully saturated rings. The number of hydrogen-bond acceptors (Lipinski definition) is 3. The van der Waals surface area contributed by atoms with Gasteiger partial charge < -0.3 is 9.47 Å². The highest BCUT2D eigenvalue weighted by Gasteiger charge is 2.15. The largest absolute Gasteiger partial charge is 0.473 e. The first-order valence-electron chi connectivity index (χ1n) is 9.59. The third-order valence-electron chi connectivity index (χ3n) is 4.58. The standard InChI is InChI=1S/C25H18BrF2NO2/c26-24-21(27)13-19(14-22(24)28)20-11-12-23(30-15-17-7-3-1-4-8-17)29-25(20)31-16-18-9-5-2-6-10-18/h1-14H,15-16H2. The molecule has 4 rings (SSSR count). The average molecular weight is 482 g/mol.